The summed E-state index contributed by atoms with van der Waals surface area (Å²) in [6, 6.07) is 7.63. The first-order chi connectivity index (χ1) is 15.7. The molecule has 0 aliphatic heterocycles. The number of halogens is 4. The normalized spacial score (nSPS) is 11.5. The molecular formula is C22H18F4N6O. The van der Waals surface area contributed by atoms with E-state index in [0.717, 1.165) is 23.1 Å². The van der Waals surface area contributed by atoms with Crippen LogP contribution in [0.4, 0.5) is 39.5 Å². The smallest absolute Gasteiger partial charge is 0.382 e. The number of nitrogen functional groups attached to an aromatic ring is 1. The summed E-state index contributed by atoms with van der Waals surface area (Å²) in [5.74, 6) is -0.662. The number of aryl methyl sites for hydroxylation is 1. The van der Waals surface area contributed by atoms with Crippen LogP contribution >= 0.6 is 0 Å². The minimum Gasteiger partial charge on any atom is -0.382 e. The number of nitrogens with two attached hydrogens (primary N) is 1. The maximum Gasteiger partial charge on any atom is 0.416 e. The van der Waals surface area contributed by atoms with Crippen LogP contribution in [0.15, 0.2) is 55.0 Å². The van der Waals surface area contributed by atoms with E-state index in [4.69, 9.17) is 5.73 Å². The summed E-state index contributed by atoms with van der Waals surface area (Å²) in [5.41, 5.74) is 8.08. The molecule has 4 aromatic rings. The van der Waals surface area contributed by atoms with Gasteiger partial charge in [0, 0.05) is 17.4 Å². The van der Waals surface area contributed by atoms with Gasteiger partial charge >= 0.3 is 12.2 Å². The highest BCUT2D eigenvalue weighted by Crippen LogP contribution is 2.34. The molecule has 0 bridgehead atoms. The number of nitrogens with zero attached hydrogens (tertiary/aromatic N) is 3. The van der Waals surface area contributed by atoms with Crippen molar-refractivity contribution in [1.82, 2.24) is 14.6 Å². The lowest BCUT2D eigenvalue weighted by molar-refractivity contribution is -0.137. The van der Waals surface area contributed by atoms with E-state index in [-0.39, 0.29) is 0 Å². The number of hydrogen-bond acceptors (Lipinski definition) is 4. The van der Waals surface area contributed by atoms with Crippen molar-refractivity contribution in [2.24, 2.45) is 0 Å². The van der Waals surface area contributed by atoms with Crippen molar-refractivity contribution in [2.75, 3.05) is 16.4 Å². The summed E-state index contributed by atoms with van der Waals surface area (Å²) >= 11 is 0. The molecule has 0 saturated carbocycles. The second kappa shape index (κ2) is 8.41. The Morgan fingerprint density at radius 2 is 1.85 bits per heavy atom. The zero-order chi connectivity index (χ0) is 23.8. The van der Waals surface area contributed by atoms with Crippen molar-refractivity contribution in [3.63, 3.8) is 0 Å². The average molecular weight is 458 g/mol. The van der Waals surface area contributed by atoms with Gasteiger partial charge in [-0.3, -0.25) is 0 Å². The molecular weight excluding hydrogens is 440 g/mol. The number of alkyl halides is 3. The van der Waals surface area contributed by atoms with Crippen LogP contribution in [0.25, 0.3) is 16.6 Å². The molecule has 0 unspecified atom stereocenters. The van der Waals surface area contributed by atoms with E-state index in [1.54, 1.807) is 28.8 Å². The zero-order valence-corrected chi connectivity index (χ0v) is 17.2. The molecule has 0 fully saturated rings. The Labute approximate surface area is 185 Å². The highest BCUT2D eigenvalue weighted by molar-refractivity contribution is 6.00. The maximum absolute atomic E-state index is 13.9. The van der Waals surface area contributed by atoms with E-state index in [0.29, 0.717) is 35.2 Å². The second-order valence-corrected chi connectivity index (χ2v) is 7.17. The van der Waals surface area contributed by atoms with Crippen LogP contribution in [-0.2, 0) is 12.6 Å². The summed E-state index contributed by atoms with van der Waals surface area (Å²) in [6.45, 7) is 2.00. The van der Waals surface area contributed by atoms with Crippen molar-refractivity contribution in [2.45, 2.75) is 19.5 Å². The Morgan fingerprint density at radius 3 is 2.52 bits per heavy atom. The maximum atomic E-state index is 13.9. The van der Waals surface area contributed by atoms with E-state index in [9.17, 15) is 22.4 Å². The third-order valence-corrected chi connectivity index (χ3v) is 5.03. The minimum absolute atomic E-state index is 0.324. The molecule has 4 rings (SSSR count). The molecule has 0 aliphatic rings. The number of carbonyl (C=O) groups excluding carboxylic acids is 1. The number of benzene rings is 2. The number of amides is 2. The average Bonchev–Trinajstić information content (AvgIpc) is 3.15. The Bertz CT molecular complexity index is 1330. The molecule has 2 amide bonds. The molecule has 0 saturated heterocycles. The van der Waals surface area contributed by atoms with E-state index in [1.807, 2.05) is 13.1 Å². The number of hydrogen-bond donors (Lipinski definition) is 3. The number of aromatic nitrogens is 3. The Balaban J connectivity index is 1.55. The summed E-state index contributed by atoms with van der Waals surface area (Å²) in [4.78, 5) is 16.3. The van der Waals surface area contributed by atoms with Gasteiger partial charge < -0.3 is 16.4 Å². The lowest BCUT2D eigenvalue weighted by atomic mass is 10.0. The molecule has 2 heterocycles. The molecule has 0 aliphatic carbocycles. The molecule has 0 atom stereocenters. The third kappa shape index (κ3) is 4.43. The van der Waals surface area contributed by atoms with Crippen LogP contribution in [0.3, 0.4) is 0 Å². The van der Waals surface area contributed by atoms with Gasteiger partial charge in [0.05, 0.1) is 11.3 Å². The summed E-state index contributed by atoms with van der Waals surface area (Å²) in [5, 5.41) is 8.76. The fourth-order valence-electron chi connectivity index (χ4n) is 3.48. The van der Waals surface area contributed by atoms with E-state index in [1.165, 1.54) is 6.33 Å². The summed E-state index contributed by atoms with van der Waals surface area (Å²) in [6.07, 6.45) is -0.703. The zero-order valence-electron chi connectivity index (χ0n) is 17.2. The number of nitrogens with one attached hydrogen (secondary N) is 2. The second-order valence-electron chi connectivity index (χ2n) is 7.17. The largest absolute Gasteiger partial charge is 0.416 e. The van der Waals surface area contributed by atoms with Crippen molar-refractivity contribution in [3.8, 4) is 11.1 Å². The Hall–Kier alpha value is -4.15. The predicted octanol–water partition coefficient (Wildman–Crippen LogP) is 5.34. The van der Waals surface area contributed by atoms with Crippen LogP contribution in [0.1, 0.15) is 18.1 Å². The summed E-state index contributed by atoms with van der Waals surface area (Å²) < 4.78 is 54.1. The third-order valence-electron chi connectivity index (χ3n) is 5.03. The first kappa shape index (κ1) is 22.1. The van der Waals surface area contributed by atoms with Crippen LogP contribution in [0.5, 0.6) is 0 Å². The SMILES string of the molecule is CCc1cn2ncnc(N)c2c1-c1ccc(NC(=O)Nc2cc(C(F)(F)F)ccc2F)cc1. The number of rotatable bonds is 4. The van der Waals surface area contributed by atoms with Gasteiger partial charge in [0.25, 0.3) is 0 Å². The highest BCUT2D eigenvalue weighted by Gasteiger charge is 2.31. The molecule has 2 aromatic carbocycles. The van der Waals surface area contributed by atoms with Crippen molar-refractivity contribution < 1.29 is 22.4 Å². The van der Waals surface area contributed by atoms with Crippen LogP contribution in [0.2, 0.25) is 0 Å². The number of urea groups is 1. The van der Waals surface area contributed by atoms with E-state index >= 15 is 0 Å². The van der Waals surface area contributed by atoms with Gasteiger partial charge in [-0.1, -0.05) is 19.1 Å². The number of fused-ring (bicyclic) bond motifs is 1. The van der Waals surface area contributed by atoms with Gasteiger partial charge in [0.2, 0.25) is 0 Å². The van der Waals surface area contributed by atoms with Crippen LogP contribution < -0.4 is 16.4 Å². The lowest BCUT2D eigenvalue weighted by Crippen LogP contribution is -2.20. The van der Waals surface area contributed by atoms with E-state index in [2.05, 4.69) is 20.7 Å². The molecule has 2 aromatic heterocycles. The minimum atomic E-state index is -4.66. The standard InChI is InChI=1S/C22H18F4N6O/c1-2-12-10-32-19(20(27)28-11-29-32)18(12)13-3-6-15(7-4-13)30-21(33)31-17-9-14(22(24,25)26)5-8-16(17)23/h3-11H,2H2,1H3,(H2,27,28,29)(H2,30,31,33). The first-order valence-corrected chi connectivity index (χ1v) is 9.83. The molecule has 0 spiro atoms. The topological polar surface area (TPSA) is 97.3 Å². The quantitative estimate of drug-likeness (QED) is 0.360. The fourth-order valence-corrected chi connectivity index (χ4v) is 3.48. The molecule has 0 radical (unpaired) electrons. The Kier molecular flexibility index (Phi) is 5.62. The van der Waals surface area contributed by atoms with Crippen LogP contribution in [-0.4, -0.2) is 20.6 Å². The van der Waals surface area contributed by atoms with Gasteiger partial charge in [-0.25, -0.2) is 18.7 Å². The number of carbonyl (C=O) groups is 1. The van der Waals surface area contributed by atoms with Gasteiger partial charge in [0.15, 0.2) is 5.82 Å². The Morgan fingerprint density at radius 1 is 1.12 bits per heavy atom. The van der Waals surface area contributed by atoms with Crippen LogP contribution in [0, 0.1) is 5.82 Å². The molecule has 33 heavy (non-hydrogen) atoms. The first-order valence-electron chi connectivity index (χ1n) is 9.83. The molecule has 11 heteroatoms. The fraction of sp³-hybridized carbons (Fsp3) is 0.136. The molecule has 4 N–H and O–H groups in total. The van der Waals surface area contributed by atoms with Crippen molar-refractivity contribution in [1.29, 1.82) is 0 Å². The summed E-state index contributed by atoms with van der Waals surface area (Å²) in [7, 11) is 0. The monoisotopic (exact) mass is 458 g/mol. The number of anilines is 3. The van der Waals surface area contributed by atoms with Gasteiger partial charge in [-0.05, 0) is 47.9 Å². The van der Waals surface area contributed by atoms with Crippen molar-refractivity contribution >= 4 is 28.7 Å². The van der Waals surface area contributed by atoms with Gasteiger partial charge in [-0.2, -0.15) is 18.3 Å². The molecule has 7 nitrogen and oxygen atoms in total. The van der Waals surface area contributed by atoms with Gasteiger partial charge in [-0.15, -0.1) is 0 Å². The predicted molar refractivity (Wildman–Crippen MR) is 116 cm³/mol. The lowest BCUT2D eigenvalue weighted by Gasteiger charge is -2.12. The van der Waals surface area contributed by atoms with Gasteiger partial charge in [0.1, 0.15) is 17.7 Å². The van der Waals surface area contributed by atoms with Crippen molar-refractivity contribution in [3.05, 3.63) is 71.9 Å². The molecule has 170 valence electrons. The van der Waals surface area contributed by atoms with E-state index < -0.39 is 29.3 Å². The highest BCUT2D eigenvalue weighted by atomic mass is 19.4.